The van der Waals surface area contributed by atoms with Crippen molar-refractivity contribution in [1.29, 1.82) is 0 Å². The molecule has 1 aromatic heterocycles. The van der Waals surface area contributed by atoms with E-state index >= 15 is 0 Å². The molecule has 0 fully saturated rings. The lowest BCUT2D eigenvalue weighted by Crippen LogP contribution is -2.13. The Labute approximate surface area is 214 Å². The van der Waals surface area contributed by atoms with E-state index in [1.54, 1.807) is 51.3 Å². The molecule has 4 rings (SSSR count). The van der Waals surface area contributed by atoms with Gasteiger partial charge in [-0.15, -0.1) is 0 Å². The van der Waals surface area contributed by atoms with Crippen LogP contribution in [0.1, 0.15) is 23.0 Å². The molecule has 0 aliphatic carbocycles. The molecule has 0 aliphatic rings. The van der Waals surface area contributed by atoms with Crippen LogP contribution >= 0.6 is 11.6 Å². The summed E-state index contributed by atoms with van der Waals surface area (Å²) in [5.74, 6) is 0.686. The Morgan fingerprint density at radius 1 is 0.972 bits per heavy atom. The van der Waals surface area contributed by atoms with E-state index in [0.717, 1.165) is 5.69 Å². The highest BCUT2D eigenvalue weighted by Gasteiger charge is 2.25. The van der Waals surface area contributed by atoms with E-state index in [1.165, 1.54) is 25.3 Å². The average molecular weight is 529 g/mol. The van der Waals surface area contributed by atoms with Crippen molar-refractivity contribution < 1.29 is 27.4 Å². The van der Waals surface area contributed by atoms with Gasteiger partial charge in [-0.05, 0) is 74.5 Å². The molecule has 0 unspecified atom stereocenters. The first-order valence-electron chi connectivity index (χ1n) is 11.0. The number of anilines is 1. The van der Waals surface area contributed by atoms with E-state index in [2.05, 4.69) is 4.72 Å². The third-order valence-electron chi connectivity index (χ3n) is 5.69. The number of fused-ring (bicyclic) bond motifs is 1. The molecule has 10 heteroatoms. The summed E-state index contributed by atoms with van der Waals surface area (Å²) in [6, 6.07) is 16.4. The molecule has 1 N–H and O–H groups in total. The Balaban J connectivity index is 1.87. The number of nitrogens with zero attached hydrogens (tertiary/aromatic N) is 1. The number of benzene rings is 3. The molecule has 0 saturated carbocycles. The van der Waals surface area contributed by atoms with Crippen molar-refractivity contribution in [2.75, 3.05) is 25.5 Å². The Kier molecular flexibility index (Phi) is 7.14. The first kappa shape index (κ1) is 25.4. The van der Waals surface area contributed by atoms with Crippen LogP contribution in [-0.4, -0.2) is 39.8 Å². The quantitative estimate of drug-likeness (QED) is 0.300. The summed E-state index contributed by atoms with van der Waals surface area (Å²) in [5.41, 5.74) is 2.42. The van der Waals surface area contributed by atoms with Gasteiger partial charge in [0.05, 0.1) is 47.5 Å². The summed E-state index contributed by atoms with van der Waals surface area (Å²) in [6.45, 7) is 3.69. The number of rotatable bonds is 8. The third-order valence-corrected chi connectivity index (χ3v) is 7.37. The Morgan fingerprint density at radius 2 is 1.56 bits per heavy atom. The second-order valence-electron chi connectivity index (χ2n) is 7.85. The number of methoxy groups -OCH3 is 2. The summed E-state index contributed by atoms with van der Waals surface area (Å²) in [5, 5.41) is 0.719. The van der Waals surface area contributed by atoms with Crippen LogP contribution in [-0.2, 0) is 14.8 Å². The first-order chi connectivity index (χ1) is 17.2. The number of carbonyl (C=O) groups is 1. The Morgan fingerprint density at radius 3 is 2.11 bits per heavy atom. The van der Waals surface area contributed by atoms with Gasteiger partial charge in [0.15, 0.2) is 0 Å². The van der Waals surface area contributed by atoms with Crippen LogP contribution in [0, 0.1) is 6.92 Å². The summed E-state index contributed by atoms with van der Waals surface area (Å²) in [6.07, 6.45) is 0. The molecule has 1 heterocycles. The van der Waals surface area contributed by atoms with Crippen LogP contribution in [0.2, 0.25) is 5.02 Å². The molecule has 0 atom stereocenters. The second kappa shape index (κ2) is 10.1. The van der Waals surface area contributed by atoms with Gasteiger partial charge in [0, 0.05) is 16.8 Å². The van der Waals surface area contributed by atoms with Gasteiger partial charge in [-0.3, -0.25) is 4.72 Å². The fourth-order valence-electron chi connectivity index (χ4n) is 4.03. The number of hydrogen-bond acceptors (Lipinski definition) is 6. The summed E-state index contributed by atoms with van der Waals surface area (Å²) in [7, 11) is -0.852. The third kappa shape index (κ3) is 4.72. The van der Waals surface area contributed by atoms with Crippen LogP contribution < -0.4 is 14.2 Å². The molecular weight excluding hydrogens is 504 g/mol. The summed E-state index contributed by atoms with van der Waals surface area (Å²) < 4.78 is 46.1. The fraction of sp³-hybridized carbons (Fsp3) is 0.192. The molecule has 0 aliphatic heterocycles. The number of nitrogens with one attached hydrogen (secondary N) is 1. The van der Waals surface area contributed by atoms with Gasteiger partial charge in [-0.25, -0.2) is 13.2 Å². The average Bonchev–Trinajstić information content (AvgIpc) is 3.16. The number of aromatic nitrogens is 1. The van der Waals surface area contributed by atoms with E-state index in [0.29, 0.717) is 33.7 Å². The van der Waals surface area contributed by atoms with Crippen molar-refractivity contribution in [3.8, 4) is 17.2 Å². The molecule has 3 aromatic carbocycles. The number of carbonyl (C=O) groups excluding carboxylic acids is 1. The minimum Gasteiger partial charge on any atom is -0.497 e. The number of hydrogen-bond donors (Lipinski definition) is 1. The number of sulfonamides is 1. The lowest BCUT2D eigenvalue weighted by atomic mass is 10.1. The highest BCUT2D eigenvalue weighted by Crippen LogP contribution is 2.37. The van der Waals surface area contributed by atoms with E-state index in [-0.39, 0.29) is 22.2 Å². The highest BCUT2D eigenvalue weighted by atomic mass is 35.5. The van der Waals surface area contributed by atoms with Crippen molar-refractivity contribution in [3.05, 3.63) is 76.9 Å². The molecule has 0 saturated heterocycles. The summed E-state index contributed by atoms with van der Waals surface area (Å²) >= 11 is 6.71. The maximum atomic E-state index is 13.0. The molecule has 0 bridgehead atoms. The van der Waals surface area contributed by atoms with Crippen molar-refractivity contribution in [2.45, 2.75) is 18.7 Å². The second-order valence-corrected chi connectivity index (χ2v) is 9.94. The van der Waals surface area contributed by atoms with Gasteiger partial charge in [0.2, 0.25) is 0 Å². The van der Waals surface area contributed by atoms with Gasteiger partial charge >= 0.3 is 5.97 Å². The Bertz CT molecular complexity index is 1530. The topological polar surface area (TPSA) is 95.9 Å². The van der Waals surface area contributed by atoms with E-state index < -0.39 is 16.0 Å². The molecule has 0 spiro atoms. The normalized spacial score (nSPS) is 11.4. The van der Waals surface area contributed by atoms with Crippen LogP contribution in [0.25, 0.3) is 16.6 Å². The molecule has 8 nitrogen and oxygen atoms in total. The van der Waals surface area contributed by atoms with Crippen LogP contribution in [0.3, 0.4) is 0 Å². The number of ether oxygens (including phenoxy) is 3. The minimum absolute atomic E-state index is 0.0529. The number of halogens is 1. The fourth-order valence-corrected chi connectivity index (χ4v) is 5.38. The Hall–Kier alpha value is -3.69. The predicted molar refractivity (Wildman–Crippen MR) is 139 cm³/mol. The largest absolute Gasteiger partial charge is 0.497 e. The lowest BCUT2D eigenvalue weighted by molar-refractivity contribution is 0.0527. The van der Waals surface area contributed by atoms with Crippen molar-refractivity contribution in [3.63, 3.8) is 0 Å². The standard InChI is InChI=1S/C26H25ClN2O6S/c1-5-35-26(30)24-16(2)29(18-6-8-19(33-3)9-7-18)25-22(24)14-17(15-23(25)27)28-36(31,32)21-12-10-20(34-4)11-13-21/h6-15,28H,5H2,1-4H3. The van der Waals surface area contributed by atoms with Crippen LogP contribution in [0.15, 0.2) is 65.6 Å². The molecule has 4 aromatic rings. The maximum Gasteiger partial charge on any atom is 0.340 e. The van der Waals surface area contributed by atoms with Crippen molar-refractivity contribution in [2.24, 2.45) is 0 Å². The SMILES string of the molecule is CCOC(=O)c1c(C)n(-c2ccc(OC)cc2)c2c(Cl)cc(NS(=O)(=O)c3ccc(OC)cc3)cc12. The van der Waals surface area contributed by atoms with Gasteiger partial charge in [0.1, 0.15) is 11.5 Å². The van der Waals surface area contributed by atoms with Crippen molar-refractivity contribution in [1.82, 2.24) is 4.57 Å². The molecule has 36 heavy (non-hydrogen) atoms. The number of esters is 1. The maximum absolute atomic E-state index is 13.0. The molecule has 0 amide bonds. The van der Waals surface area contributed by atoms with Gasteiger partial charge < -0.3 is 18.8 Å². The first-order valence-corrected chi connectivity index (χ1v) is 12.9. The van der Waals surface area contributed by atoms with Gasteiger partial charge in [-0.2, -0.15) is 0 Å². The zero-order valence-electron chi connectivity index (χ0n) is 20.2. The van der Waals surface area contributed by atoms with E-state index in [9.17, 15) is 13.2 Å². The van der Waals surface area contributed by atoms with Crippen LogP contribution in [0.4, 0.5) is 5.69 Å². The van der Waals surface area contributed by atoms with Gasteiger partial charge in [0.25, 0.3) is 10.0 Å². The monoisotopic (exact) mass is 528 g/mol. The molecular formula is C26H25ClN2O6S. The lowest BCUT2D eigenvalue weighted by Gasteiger charge is -2.12. The summed E-state index contributed by atoms with van der Waals surface area (Å²) in [4.78, 5) is 13.0. The highest BCUT2D eigenvalue weighted by molar-refractivity contribution is 7.92. The minimum atomic E-state index is -3.93. The predicted octanol–water partition coefficient (Wildman–Crippen LogP) is 5.59. The zero-order valence-corrected chi connectivity index (χ0v) is 21.7. The van der Waals surface area contributed by atoms with Gasteiger partial charge in [-0.1, -0.05) is 11.6 Å². The van der Waals surface area contributed by atoms with Crippen molar-refractivity contribution >= 4 is 44.2 Å². The molecule has 188 valence electrons. The van der Waals surface area contributed by atoms with E-state index in [1.807, 2.05) is 16.7 Å². The zero-order chi connectivity index (χ0) is 26.0. The van der Waals surface area contributed by atoms with Crippen LogP contribution in [0.5, 0.6) is 11.5 Å². The molecule has 0 radical (unpaired) electrons. The van der Waals surface area contributed by atoms with E-state index in [4.69, 9.17) is 25.8 Å². The smallest absolute Gasteiger partial charge is 0.340 e.